The van der Waals surface area contributed by atoms with Gasteiger partial charge in [0, 0.05) is 0 Å². The van der Waals surface area contributed by atoms with Crippen LogP contribution in [-0.4, -0.2) is 32.0 Å². The molecule has 0 aliphatic heterocycles. The molecule has 0 radical (unpaired) electrons. The lowest BCUT2D eigenvalue weighted by Crippen LogP contribution is -2.39. The highest BCUT2D eigenvalue weighted by molar-refractivity contribution is 7.89. The van der Waals surface area contributed by atoms with Gasteiger partial charge in [0.25, 0.3) is 0 Å². The second kappa shape index (κ2) is 5.70. The minimum atomic E-state index is -4.64. The molecule has 1 aromatic carbocycles. The normalized spacial score (nSPS) is 15.0. The van der Waals surface area contributed by atoms with Crippen LogP contribution >= 0.6 is 0 Å². The number of fused-ring (bicyclic) bond motifs is 1. The zero-order valence-corrected chi connectivity index (χ0v) is 12.0. The minimum absolute atomic E-state index is 0.136. The molecule has 0 bridgehead atoms. The summed E-state index contributed by atoms with van der Waals surface area (Å²) in [6.45, 7) is -2.20. The Labute approximate surface area is 121 Å². The molecule has 0 N–H and O–H groups in total. The van der Waals surface area contributed by atoms with E-state index in [0.717, 1.165) is 30.4 Å². The molecule has 1 aliphatic rings. The summed E-state index contributed by atoms with van der Waals surface area (Å²) in [5.41, 5.74) is 1.93. The maximum Gasteiger partial charge on any atom is 0.402 e. The third-order valence-corrected chi connectivity index (χ3v) is 5.12. The molecule has 0 aromatic heterocycles. The van der Waals surface area contributed by atoms with Crippen LogP contribution in [-0.2, 0) is 22.9 Å². The lowest BCUT2D eigenvalue weighted by Gasteiger charge is -2.21. The number of sulfonamides is 1. The van der Waals surface area contributed by atoms with Crippen LogP contribution in [0.2, 0.25) is 0 Å². The van der Waals surface area contributed by atoms with Crippen molar-refractivity contribution in [2.24, 2.45) is 0 Å². The van der Waals surface area contributed by atoms with E-state index in [2.05, 4.69) is 0 Å². The fraction of sp³-hybridized carbons (Fsp3) is 0.429. The molecule has 0 atom stereocenters. The first-order valence-electron chi connectivity index (χ1n) is 6.36. The third-order valence-electron chi connectivity index (χ3n) is 3.33. The molecule has 1 aromatic rings. The summed E-state index contributed by atoms with van der Waals surface area (Å²) >= 11 is 0. The number of alkyl halides is 3. The van der Waals surface area contributed by atoms with Gasteiger partial charge >= 0.3 is 6.18 Å². The van der Waals surface area contributed by atoms with E-state index in [1.165, 1.54) is 12.1 Å². The molecule has 2 rings (SSSR count). The van der Waals surface area contributed by atoms with Crippen LogP contribution in [0, 0.1) is 12.3 Å². The Bertz CT molecular complexity index is 674. The number of terminal acetylenes is 1. The Morgan fingerprint density at radius 2 is 1.90 bits per heavy atom. The highest BCUT2D eigenvalue weighted by Gasteiger charge is 2.37. The van der Waals surface area contributed by atoms with Crippen molar-refractivity contribution in [3.63, 3.8) is 0 Å². The first-order valence-corrected chi connectivity index (χ1v) is 7.80. The number of halogens is 3. The Hall–Kier alpha value is -1.52. The molecule has 114 valence electrons. The van der Waals surface area contributed by atoms with Gasteiger partial charge in [-0.2, -0.15) is 17.5 Å². The van der Waals surface area contributed by atoms with Crippen LogP contribution in [0.5, 0.6) is 0 Å². The standard InChI is InChI=1S/C14H14F3NO2S/c1-2-8-18(10-14(15,16)17)21(19,20)13-7-6-11-4-3-5-12(11)9-13/h1,6-7,9H,3-5,8,10H2. The van der Waals surface area contributed by atoms with Crippen LogP contribution in [0.3, 0.4) is 0 Å². The van der Waals surface area contributed by atoms with Crippen molar-refractivity contribution in [3.8, 4) is 12.3 Å². The van der Waals surface area contributed by atoms with E-state index in [9.17, 15) is 21.6 Å². The fourth-order valence-corrected chi connectivity index (χ4v) is 3.78. The lowest BCUT2D eigenvalue weighted by molar-refractivity contribution is -0.135. The highest BCUT2D eigenvalue weighted by Crippen LogP contribution is 2.27. The predicted molar refractivity (Wildman–Crippen MR) is 72.1 cm³/mol. The summed E-state index contributed by atoms with van der Waals surface area (Å²) in [5, 5.41) is 0. The third kappa shape index (κ3) is 3.57. The Balaban J connectivity index is 2.36. The molecule has 7 heteroatoms. The second-order valence-electron chi connectivity index (χ2n) is 4.88. The summed E-state index contributed by atoms with van der Waals surface area (Å²) in [4.78, 5) is -0.136. The van der Waals surface area contributed by atoms with Crippen LogP contribution in [0.25, 0.3) is 0 Å². The van der Waals surface area contributed by atoms with E-state index in [4.69, 9.17) is 6.42 Å². The summed E-state index contributed by atoms with van der Waals surface area (Å²) in [5.74, 6) is 1.97. The molecule has 0 saturated heterocycles. The van der Waals surface area contributed by atoms with Crippen molar-refractivity contribution < 1.29 is 21.6 Å². The number of hydrogen-bond acceptors (Lipinski definition) is 2. The van der Waals surface area contributed by atoms with Crippen molar-refractivity contribution in [1.29, 1.82) is 0 Å². The largest absolute Gasteiger partial charge is 0.402 e. The zero-order valence-electron chi connectivity index (χ0n) is 11.2. The van der Waals surface area contributed by atoms with E-state index >= 15 is 0 Å². The van der Waals surface area contributed by atoms with Gasteiger partial charge in [-0.25, -0.2) is 8.42 Å². The van der Waals surface area contributed by atoms with Gasteiger partial charge in [0.1, 0.15) is 6.54 Å². The summed E-state index contributed by atoms with van der Waals surface area (Å²) in [7, 11) is -4.25. The molecule has 0 spiro atoms. The maximum atomic E-state index is 12.5. The van der Waals surface area contributed by atoms with Crippen molar-refractivity contribution in [1.82, 2.24) is 4.31 Å². The first kappa shape index (κ1) is 15.9. The summed E-state index contributed by atoms with van der Waals surface area (Å²) in [6.07, 6.45) is 2.89. The van der Waals surface area contributed by atoms with Crippen molar-refractivity contribution in [2.75, 3.05) is 13.1 Å². The number of benzene rings is 1. The average molecular weight is 317 g/mol. The molecule has 1 aliphatic carbocycles. The number of hydrogen-bond donors (Lipinski definition) is 0. The molecule has 0 fully saturated rings. The maximum absolute atomic E-state index is 12.5. The Morgan fingerprint density at radius 1 is 1.24 bits per heavy atom. The molecule has 21 heavy (non-hydrogen) atoms. The van der Waals surface area contributed by atoms with E-state index < -0.39 is 29.3 Å². The number of aryl methyl sites for hydroxylation is 2. The lowest BCUT2D eigenvalue weighted by atomic mass is 10.1. The Kier molecular flexibility index (Phi) is 4.30. The van der Waals surface area contributed by atoms with Gasteiger partial charge in [-0.15, -0.1) is 6.42 Å². The predicted octanol–water partition coefficient (Wildman–Crippen LogP) is 2.36. The van der Waals surface area contributed by atoms with Crippen LogP contribution in [0.15, 0.2) is 23.1 Å². The van der Waals surface area contributed by atoms with E-state index in [1.807, 2.05) is 5.92 Å². The van der Waals surface area contributed by atoms with E-state index in [-0.39, 0.29) is 9.20 Å². The minimum Gasteiger partial charge on any atom is -0.207 e. The number of rotatable bonds is 4. The molecular weight excluding hydrogens is 303 g/mol. The molecular formula is C14H14F3NO2S. The van der Waals surface area contributed by atoms with Gasteiger partial charge in [-0.05, 0) is 42.5 Å². The Morgan fingerprint density at radius 3 is 2.52 bits per heavy atom. The van der Waals surface area contributed by atoms with Crippen molar-refractivity contribution >= 4 is 10.0 Å². The molecule has 0 unspecified atom stereocenters. The molecule has 0 saturated carbocycles. The first-order chi connectivity index (χ1) is 9.74. The van der Waals surface area contributed by atoms with Gasteiger partial charge in [-0.1, -0.05) is 12.0 Å². The van der Waals surface area contributed by atoms with Gasteiger partial charge in [-0.3, -0.25) is 0 Å². The number of nitrogens with zero attached hydrogens (tertiary/aromatic N) is 1. The summed E-state index contributed by atoms with van der Waals surface area (Å²) in [6, 6.07) is 4.47. The van der Waals surface area contributed by atoms with Gasteiger partial charge in [0.2, 0.25) is 10.0 Å². The van der Waals surface area contributed by atoms with Gasteiger partial charge < -0.3 is 0 Å². The SMILES string of the molecule is C#CCN(CC(F)(F)F)S(=O)(=O)c1ccc2c(c1)CCC2. The highest BCUT2D eigenvalue weighted by atomic mass is 32.2. The topological polar surface area (TPSA) is 37.4 Å². The summed E-state index contributed by atoms with van der Waals surface area (Å²) < 4.78 is 62.5. The van der Waals surface area contributed by atoms with E-state index in [1.54, 1.807) is 6.07 Å². The van der Waals surface area contributed by atoms with Crippen LogP contribution in [0.4, 0.5) is 13.2 Å². The van der Waals surface area contributed by atoms with E-state index in [0.29, 0.717) is 0 Å². The zero-order chi connectivity index (χ0) is 15.7. The monoisotopic (exact) mass is 317 g/mol. The quantitative estimate of drug-likeness (QED) is 0.800. The van der Waals surface area contributed by atoms with Crippen molar-refractivity contribution in [2.45, 2.75) is 30.3 Å². The van der Waals surface area contributed by atoms with Gasteiger partial charge in [0.15, 0.2) is 0 Å². The van der Waals surface area contributed by atoms with Crippen LogP contribution in [0.1, 0.15) is 17.5 Å². The fourth-order valence-electron chi connectivity index (χ4n) is 2.39. The smallest absolute Gasteiger partial charge is 0.207 e. The average Bonchev–Trinajstić information content (AvgIpc) is 2.83. The molecule has 0 amide bonds. The molecule has 3 nitrogen and oxygen atoms in total. The van der Waals surface area contributed by atoms with Crippen LogP contribution < -0.4 is 0 Å². The second-order valence-corrected chi connectivity index (χ2v) is 6.81. The molecule has 0 heterocycles. The van der Waals surface area contributed by atoms with Crippen molar-refractivity contribution in [3.05, 3.63) is 29.3 Å². The van der Waals surface area contributed by atoms with Gasteiger partial charge in [0.05, 0.1) is 11.4 Å².